The quantitative estimate of drug-likeness (QED) is 0.836. The number of carboxylic acids is 1. The van der Waals surface area contributed by atoms with Crippen molar-refractivity contribution < 1.29 is 19.4 Å². The van der Waals surface area contributed by atoms with Crippen LogP contribution in [0.15, 0.2) is 30.3 Å². The molecule has 0 aromatic heterocycles. The highest BCUT2D eigenvalue weighted by Gasteiger charge is 2.13. The molecular weight excluding hydrogens is 318 g/mol. The van der Waals surface area contributed by atoms with E-state index in [0.29, 0.717) is 12.8 Å². The van der Waals surface area contributed by atoms with Gasteiger partial charge in [-0.05, 0) is 67.6 Å². The molecule has 2 aromatic rings. The molecule has 0 heterocycles. The number of hydrogen-bond acceptors (Lipinski definition) is 3. The first-order valence-electron chi connectivity index (χ1n) is 8.10. The molecule has 0 aliphatic heterocycles. The average Bonchev–Trinajstić information content (AvgIpc) is 2.60. The van der Waals surface area contributed by atoms with E-state index in [1.807, 2.05) is 26.8 Å². The lowest BCUT2D eigenvalue weighted by atomic mass is 10.0. The van der Waals surface area contributed by atoms with Gasteiger partial charge in [-0.1, -0.05) is 12.1 Å². The number of carbonyl (C=O) groups is 2. The summed E-state index contributed by atoms with van der Waals surface area (Å²) in [6, 6.07) is 8.51. The number of ether oxygens (including phenoxy) is 1. The molecule has 1 amide bonds. The molecule has 5 nitrogen and oxygen atoms in total. The second kappa shape index (κ2) is 7.83. The third-order valence-corrected chi connectivity index (χ3v) is 4.37. The Morgan fingerprint density at radius 1 is 1.08 bits per heavy atom. The van der Waals surface area contributed by atoms with Gasteiger partial charge in [0.25, 0.3) is 0 Å². The van der Waals surface area contributed by atoms with Gasteiger partial charge in [0.1, 0.15) is 5.75 Å². The Morgan fingerprint density at radius 2 is 1.72 bits per heavy atom. The van der Waals surface area contributed by atoms with E-state index in [-0.39, 0.29) is 11.5 Å². The summed E-state index contributed by atoms with van der Waals surface area (Å²) in [5.41, 5.74) is 4.96. The molecule has 0 aliphatic rings. The fraction of sp³-hybridized carbons (Fsp3) is 0.300. The van der Waals surface area contributed by atoms with Crippen LogP contribution in [-0.4, -0.2) is 24.1 Å². The smallest absolute Gasteiger partial charge is 0.335 e. The van der Waals surface area contributed by atoms with Gasteiger partial charge < -0.3 is 15.2 Å². The SMILES string of the molecule is COc1cc(C)c(NC(=O)CCc2ccc(C(=O)O)cc2)c(C)c1C. The van der Waals surface area contributed by atoms with E-state index in [9.17, 15) is 9.59 Å². The molecule has 0 bridgehead atoms. The largest absolute Gasteiger partial charge is 0.496 e. The summed E-state index contributed by atoms with van der Waals surface area (Å²) in [6.07, 6.45) is 0.884. The fourth-order valence-corrected chi connectivity index (χ4v) is 2.72. The molecule has 5 heteroatoms. The zero-order chi connectivity index (χ0) is 18.6. The number of carbonyl (C=O) groups excluding carboxylic acids is 1. The predicted molar refractivity (Wildman–Crippen MR) is 97.6 cm³/mol. The van der Waals surface area contributed by atoms with E-state index >= 15 is 0 Å². The number of nitrogens with one attached hydrogen (secondary N) is 1. The van der Waals surface area contributed by atoms with Crippen LogP contribution in [0.4, 0.5) is 5.69 Å². The Labute approximate surface area is 147 Å². The van der Waals surface area contributed by atoms with Crippen molar-refractivity contribution in [1.82, 2.24) is 0 Å². The molecule has 0 fully saturated rings. The minimum absolute atomic E-state index is 0.0712. The molecule has 2 N–H and O–H groups in total. The van der Waals surface area contributed by atoms with E-state index in [2.05, 4.69) is 5.32 Å². The van der Waals surface area contributed by atoms with Gasteiger partial charge >= 0.3 is 5.97 Å². The lowest BCUT2D eigenvalue weighted by Gasteiger charge is -2.16. The summed E-state index contributed by atoms with van der Waals surface area (Å²) in [4.78, 5) is 23.1. The number of benzene rings is 2. The van der Waals surface area contributed by atoms with E-state index in [1.54, 1.807) is 31.4 Å². The van der Waals surface area contributed by atoms with Crippen LogP contribution >= 0.6 is 0 Å². The Balaban J connectivity index is 2.03. The number of aryl methyl sites for hydroxylation is 2. The van der Waals surface area contributed by atoms with Gasteiger partial charge in [0, 0.05) is 12.1 Å². The van der Waals surface area contributed by atoms with Crippen LogP contribution in [0.3, 0.4) is 0 Å². The third kappa shape index (κ3) is 4.38. The first-order chi connectivity index (χ1) is 11.8. The molecule has 25 heavy (non-hydrogen) atoms. The zero-order valence-electron chi connectivity index (χ0n) is 15.0. The maximum Gasteiger partial charge on any atom is 0.335 e. The van der Waals surface area contributed by atoms with Gasteiger partial charge in [0.15, 0.2) is 0 Å². The van der Waals surface area contributed by atoms with Crippen molar-refractivity contribution >= 4 is 17.6 Å². The average molecular weight is 341 g/mol. The molecule has 0 aliphatic carbocycles. The van der Waals surface area contributed by atoms with Gasteiger partial charge in [-0.2, -0.15) is 0 Å². The van der Waals surface area contributed by atoms with Crippen molar-refractivity contribution in [3.63, 3.8) is 0 Å². The number of hydrogen-bond donors (Lipinski definition) is 2. The number of anilines is 1. The van der Waals surface area contributed by atoms with Crippen LogP contribution in [0.5, 0.6) is 5.75 Å². The Morgan fingerprint density at radius 3 is 2.28 bits per heavy atom. The van der Waals surface area contributed by atoms with Crippen LogP contribution in [-0.2, 0) is 11.2 Å². The minimum Gasteiger partial charge on any atom is -0.496 e. The molecular formula is C20H23NO4. The molecule has 0 saturated carbocycles. The molecule has 132 valence electrons. The molecule has 2 rings (SSSR count). The maximum atomic E-state index is 12.3. The number of rotatable bonds is 6. The van der Waals surface area contributed by atoms with Gasteiger partial charge in [0.2, 0.25) is 5.91 Å². The van der Waals surface area contributed by atoms with Gasteiger partial charge in [0.05, 0.1) is 12.7 Å². The van der Waals surface area contributed by atoms with Crippen molar-refractivity contribution in [2.75, 3.05) is 12.4 Å². The van der Waals surface area contributed by atoms with E-state index in [0.717, 1.165) is 33.7 Å². The first kappa shape index (κ1) is 18.5. The monoisotopic (exact) mass is 341 g/mol. The van der Waals surface area contributed by atoms with Crippen molar-refractivity contribution in [2.24, 2.45) is 0 Å². The molecule has 0 unspecified atom stereocenters. The van der Waals surface area contributed by atoms with E-state index in [1.165, 1.54) is 0 Å². The summed E-state index contributed by atoms with van der Waals surface area (Å²) in [7, 11) is 1.63. The molecule has 2 aromatic carbocycles. The summed E-state index contributed by atoms with van der Waals surface area (Å²) in [5.74, 6) is -0.213. The standard InChI is InChI=1S/C20H23NO4/c1-12-11-17(25-4)13(2)14(3)19(12)21-18(22)10-7-15-5-8-16(9-6-15)20(23)24/h5-6,8-9,11H,7,10H2,1-4H3,(H,21,22)(H,23,24). The van der Waals surface area contributed by atoms with E-state index in [4.69, 9.17) is 9.84 Å². The first-order valence-corrected chi connectivity index (χ1v) is 8.10. The summed E-state index contributed by atoms with van der Waals surface area (Å²) in [6.45, 7) is 5.87. The normalized spacial score (nSPS) is 10.4. The van der Waals surface area contributed by atoms with Crippen molar-refractivity contribution in [3.8, 4) is 5.75 Å². The van der Waals surface area contributed by atoms with Crippen molar-refractivity contribution in [3.05, 3.63) is 58.1 Å². The number of methoxy groups -OCH3 is 1. The van der Waals surface area contributed by atoms with Crippen molar-refractivity contribution in [2.45, 2.75) is 33.6 Å². The fourth-order valence-electron chi connectivity index (χ4n) is 2.72. The zero-order valence-corrected chi connectivity index (χ0v) is 15.0. The lowest BCUT2D eigenvalue weighted by Crippen LogP contribution is -2.15. The molecule has 0 atom stereocenters. The number of carboxylic acid groups (broad SMARTS) is 1. The Hall–Kier alpha value is -2.82. The van der Waals surface area contributed by atoms with Crippen LogP contribution in [0.2, 0.25) is 0 Å². The second-order valence-electron chi connectivity index (χ2n) is 6.07. The predicted octanol–water partition coefficient (Wildman–Crippen LogP) is 3.89. The lowest BCUT2D eigenvalue weighted by molar-refractivity contribution is -0.116. The molecule has 0 saturated heterocycles. The summed E-state index contributed by atoms with van der Waals surface area (Å²) in [5, 5.41) is 11.9. The number of amides is 1. The maximum absolute atomic E-state index is 12.3. The van der Waals surface area contributed by atoms with Gasteiger partial charge in [-0.25, -0.2) is 4.79 Å². The van der Waals surface area contributed by atoms with Crippen LogP contribution < -0.4 is 10.1 Å². The Bertz CT molecular complexity index is 794. The third-order valence-electron chi connectivity index (χ3n) is 4.37. The van der Waals surface area contributed by atoms with Crippen LogP contribution in [0, 0.1) is 20.8 Å². The van der Waals surface area contributed by atoms with Crippen LogP contribution in [0.1, 0.15) is 39.0 Å². The molecule has 0 radical (unpaired) electrons. The minimum atomic E-state index is -0.954. The highest BCUT2D eigenvalue weighted by atomic mass is 16.5. The number of aromatic carboxylic acids is 1. The Kier molecular flexibility index (Phi) is 5.80. The summed E-state index contributed by atoms with van der Waals surface area (Å²) < 4.78 is 5.34. The van der Waals surface area contributed by atoms with Crippen molar-refractivity contribution in [1.29, 1.82) is 0 Å². The topological polar surface area (TPSA) is 75.6 Å². The highest BCUT2D eigenvalue weighted by molar-refractivity contribution is 5.93. The highest BCUT2D eigenvalue weighted by Crippen LogP contribution is 2.31. The molecule has 0 spiro atoms. The second-order valence-corrected chi connectivity index (χ2v) is 6.07. The van der Waals surface area contributed by atoms with Crippen LogP contribution in [0.25, 0.3) is 0 Å². The van der Waals surface area contributed by atoms with E-state index < -0.39 is 5.97 Å². The summed E-state index contributed by atoms with van der Waals surface area (Å²) >= 11 is 0. The van der Waals surface area contributed by atoms with Gasteiger partial charge in [-0.3, -0.25) is 4.79 Å². The van der Waals surface area contributed by atoms with Gasteiger partial charge in [-0.15, -0.1) is 0 Å².